The standard InChI is InChI=1S/C19H21FN2O2/c1-24-15-6-2-13(3-7-15)4-9-18(23)22-17-8-5-14-12-21-11-10-16(14)19(17)20/h2-3,5-8,21H,4,9-12H2,1H3,(H,22,23). The van der Waals surface area contributed by atoms with Crippen LogP contribution in [0.5, 0.6) is 5.75 Å². The summed E-state index contributed by atoms with van der Waals surface area (Å²) in [5, 5.41) is 5.91. The van der Waals surface area contributed by atoms with E-state index in [4.69, 9.17) is 4.74 Å². The summed E-state index contributed by atoms with van der Waals surface area (Å²) in [7, 11) is 1.62. The molecule has 1 aliphatic rings. The molecule has 1 amide bonds. The van der Waals surface area contributed by atoms with Gasteiger partial charge in [0.15, 0.2) is 0 Å². The molecule has 0 spiro atoms. The lowest BCUT2D eigenvalue weighted by Crippen LogP contribution is -2.25. The number of hydrogen-bond donors (Lipinski definition) is 2. The molecule has 24 heavy (non-hydrogen) atoms. The molecule has 3 rings (SSSR count). The second-order valence-electron chi connectivity index (χ2n) is 5.89. The van der Waals surface area contributed by atoms with E-state index in [9.17, 15) is 9.18 Å². The van der Waals surface area contributed by atoms with Gasteiger partial charge in [0.05, 0.1) is 12.8 Å². The maximum atomic E-state index is 14.5. The Labute approximate surface area is 141 Å². The van der Waals surface area contributed by atoms with Crippen molar-refractivity contribution in [1.29, 1.82) is 0 Å². The zero-order valence-corrected chi connectivity index (χ0v) is 13.7. The van der Waals surface area contributed by atoms with E-state index in [1.807, 2.05) is 30.3 Å². The highest BCUT2D eigenvalue weighted by molar-refractivity contribution is 5.91. The van der Waals surface area contributed by atoms with Crippen LogP contribution in [-0.2, 0) is 24.2 Å². The fourth-order valence-electron chi connectivity index (χ4n) is 2.89. The molecule has 0 aromatic heterocycles. The van der Waals surface area contributed by atoms with Gasteiger partial charge in [0, 0.05) is 13.0 Å². The Balaban J connectivity index is 1.60. The summed E-state index contributed by atoms with van der Waals surface area (Å²) in [5.74, 6) is 0.305. The SMILES string of the molecule is COc1ccc(CCC(=O)Nc2ccc3c(c2F)CCNC3)cc1. The van der Waals surface area contributed by atoms with Crippen LogP contribution in [0.1, 0.15) is 23.1 Å². The van der Waals surface area contributed by atoms with Crippen molar-refractivity contribution in [3.8, 4) is 5.75 Å². The van der Waals surface area contributed by atoms with E-state index in [0.29, 0.717) is 31.4 Å². The Morgan fingerprint density at radius 3 is 2.79 bits per heavy atom. The van der Waals surface area contributed by atoms with Crippen LogP contribution in [0.4, 0.5) is 10.1 Å². The summed E-state index contributed by atoms with van der Waals surface area (Å²) in [6, 6.07) is 11.1. The van der Waals surface area contributed by atoms with Gasteiger partial charge < -0.3 is 15.4 Å². The van der Waals surface area contributed by atoms with Crippen LogP contribution in [0.15, 0.2) is 36.4 Å². The van der Waals surface area contributed by atoms with Crippen LogP contribution in [-0.4, -0.2) is 19.6 Å². The molecule has 0 unspecified atom stereocenters. The second kappa shape index (κ2) is 7.45. The Morgan fingerprint density at radius 2 is 2.04 bits per heavy atom. The summed E-state index contributed by atoms with van der Waals surface area (Å²) in [5.41, 5.74) is 3.00. The van der Waals surface area contributed by atoms with Gasteiger partial charge in [-0.05, 0) is 54.3 Å². The van der Waals surface area contributed by atoms with Crippen LogP contribution in [0.2, 0.25) is 0 Å². The van der Waals surface area contributed by atoms with Gasteiger partial charge in [-0.2, -0.15) is 0 Å². The van der Waals surface area contributed by atoms with Gasteiger partial charge in [-0.1, -0.05) is 18.2 Å². The third-order valence-corrected chi connectivity index (χ3v) is 4.28. The molecule has 0 saturated carbocycles. The maximum absolute atomic E-state index is 14.5. The molecule has 0 fully saturated rings. The van der Waals surface area contributed by atoms with Crippen molar-refractivity contribution in [2.75, 3.05) is 19.0 Å². The van der Waals surface area contributed by atoms with Gasteiger partial charge in [0.2, 0.25) is 5.91 Å². The first kappa shape index (κ1) is 16.5. The van der Waals surface area contributed by atoms with Crippen molar-refractivity contribution in [3.63, 3.8) is 0 Å². The molecule has 0 bridgehead atoms. The van der Waals surface area contributed by atoms with Gasteiger partial charge in [-0.15, -0.1) is 0 Å². The van der Waals surface area contributed by atoms with E-state index < -0.39 is 0 Å². The van der Waals surface area contributed by atoms with Crippen molar-refractivity contribution in [2.45, 2.75) is 25.8 Å². The number of nitrogens with one attached hydrogen (secondary N) is 2. The molecular formula is C19H21FN2O2. The summed E-state index contributed by atoms with van der Waals surface area (Å²) in [4.78, 5) is 12.1. The third kappa shape index (κ3) is 3.74. The predicted octanol–water partition coefficient (Wildman–Crippen LogP) is 3.05. The minimum absolute atomic E-state index is 0.182. The number of carbonyl (C=O) groups is 1. The largest absolute Gasteiger partial charge is 0.497 e. The van der Waals surface area contributed by atoms with Crippen molar-refractivity contribution in [3.05, 3.63) is 58.9 Å². The van der Waals surface area contributed by atoms with E-state index in [1.54, 1.807) is 13.2 Å². The van der Waals surface area contributed by atoms with Gasteiger partial charge in [-0.3, -0.25) is 4.79 Å². The molecule has 4 nitrogen and oxygen atoms in total. The molecule has 0 atom stereocenters. The summed E-state index contributed by atoms with van der Waals surface area (Å²) >= 11 is 0. The zero-order chi connectivity index (χ0) is 16.9. The Bertz CT molecular complexity index is 729. The predicted molar refractivity (Wildman–Crippen MR) is 91.8 cm³/mol. The van der Waals surface area contributed by atoms with Crippen molar-refractivity contribution >= 4 is 11.6 Å². The number of amides is 1. The number of rotatable bonds is 5. The lowest BCUT2D eigenvalue weighted by molar-refractivity contribution is -0.116. The van der Waals surface area contributed by atoms with Crippen molar-refractivity contribution in [1.82, 2.24) is 5.32 Å². The summed E-state index contributed by atoms with van der Waals surface area (Å²) in [6.07, 6.45) is 1.56. The third-order valence-electron chi connectivity index (χ3n) is 4.28. The number of hydrogen-bond acceptors (Lipinski definition) is 3. The lowest BCUT2D eigenvalue weighted by atomic mass is 9.99. The first-order valence-electron chi connectivity index (χ1n) is 8.11. The fourth-order valence-corrected chi connectivity index (χ4v) is 2.89. The molecule has 0 radical (unpaired) electrons. The number of anilines is 1. The Hall–Kier alpha value is -2.40. The maximum Gasteiger partial charge on any atom is 0.224 e. The number of ether oxygens (including phenoxy) is 1. The normalized spacial score (nSPS) is 13.2. The number of halogens is 1. The summed E-state index contributed by atoms with van der Waals surface area (Å²) in [6.45, 7) is 1.44. The molecule has 0 saturated heterocycles. The monoisotopic (exact) mass is 328 g/mol. The molecule has 2 N–H and O–H groups in total. The van der Waals surface area contributed by atoms with E-state index in [-0.39, 0.29) is 17.4 Å². The molecule has 126 valence electrons. The highest BCUT2D eigenvalue weighted by Crippen LogP contribution is 2.24. The van der Waals surface area contributed by atoms with E-state index >= 15 is 0 Å². The smallest absolute Gasteiger partial charge is 0.224 e. The van der Waals surface area contributed by atoms with Gasteiger partial charge >= 0.3 is 0 Å². The zero-order valence-electron chi connectivity index (χ0n) is 13.7. The molecule has 2 aromatic carbocycles. The van der Waals surface area contributed by atoms with Crippen LogP contribution in [0.25, 0.3) is 0 Å². The van der Waals surface area contributed by atoms with Crippen molar-refractivity contribution in [2.24, 2.45) is 0 Å². The molecule has 1 aliphatic heterocycles. The number of fused-ring (bicyclic) bond motifs is 1. The quantitative estimate of drug-likeness (QED) is 0.887. The van der Waals surface area contributed by atoms with Gasteiger partial charge in [0.25, 0.3) is 0 Å². The highest BCUT2D eigenvalue weighted by atomic mass is 19.1. The number of carbonyl (C=O) groups excluding carboxylic acids is 1. The highest BCUT2D eigenvalue weighted by Gasteiger charge is 2.17. The van der Waals surface area contributed by atoms with E-state index in [1.165, 1.54) is 0 Å². The Kier molecular flexibility index (Phi) is 5.11. The van der Waals surface area contributed by atoms with Crippen LogP contribution < -0.4 is 15.4 Å². The molecular weight excluding hydrogens is 307 g/mol. The van der Waals surface area contributed by atoms with Gasteiger partial charge in [0.1, 0.15) is 11.6 Å². The van der Waals surface area contributed by atoms with Gasteiger partial charge in [-0.25, -0.2) is 4.39 Å². The van der Waals surface area contributed by atoms with Crippen molar-refractivity contribution < 1.29 is 13.9 Å². The average Bonchev–Trinajstić information content (AvgIpc) is 2.63. The van der Waals surface area contributed by atoms with Crippen LogP contribution in [0.3, 0.4) is 0 Å². The summed E-state index contributed by atoms with van der Waals surface area (Å²) < 4.78 is 19.6. The van der Waals surface area contributed by atoms with E-state index in [2.05, 4.69) is 10.6 Å². The molecule has 5 heteroatoms. The average molecular weight is 328 g/mol. The van der Waals surface area contributed by atoms with Crippen LogP contribution >= 0.6 is 0 Å². The van der Waals surface area contributed by atoms with Crippen LogP contribution in [0, 0.1) is 5.82 Å². The first-order chi connectivity index (χ1) is 11.7. The number of aryl methyl sites for hydroxylation is 1. The molecule has 2 aromatic rings. The number of benzene rings is 2. The molecule has 0 aliphatic carbocycles. The fraction of sp³-hybridized carbons (Fsp3) is 0.316. The lowest BCUT2D eigenvalue weighted by Gasteiger charge is -2.19. The number of methoxy groups -OCH3 is 1. The minimum atomic E-state index is -0.299. The second-order valence-corrected chi connectivity index (χ2v) is 5.89. The minimum Gasteiger partial charge on any atom is -0.497 e. The Morgan fingerprint density at radius 1 is 1.25 bits per heavy atom. The molecule has 1 heterocycles. The van der Waals surface area contributed by atoms with E-state index in [0.717, 1.165) is 23.4 Å². The first-order valence-corrected chi connectivity index (χ1v) is 8.11. The topological polar surface area (TPSA) is 50.4 Å².